The lowest BCUT2D eigenvalue weighted by atomic mass is 9.53. The number of benzene rings is 11. The molecule has 0 atom stereocenters. The summed E-state index contributed by atoms with van der Waals surface area (Å²) in [6, 6.07) is 93.6. The molecule has 0 amide bonds. The van der Waals surface area contributed by atoms with E-state index < -0.39 is 5.41 Å². The van der Waals surface area contributed by atoms with Crippen LogP contribution in [0.3, 0.4) is 0 Å². The van der Waals surface area contributed by atoms with Crippen LogP contribution in [0.25, 0.3) is 66.4 Å². The molecule has 330 valence electrons. The molecule has 0 aliphatic heterocycles. The first kappa shape index (κ1) is 40.5. The van der Waals surface area contributed by atoms with Crippen molar-refractivity contribution in [1.82, 2.24) is 0 Å². The molecule has 14 rings (SSSR count). The molecule has 11 aromatic carbocycles. The fourth-order valence-corrected chi connectivity index (χ4v) is 12.8. The highest BCUT2D eigenvalue weighted by Gasteiger charge is 2.50. The van der Waals surface area contributed by atoms with Crippen LogP contribution in [-0.2, 0) is 17.3 Å². The first-order valence-corrected chi connectivity index (χ1v) is 24.7. The fraction of sp³-hybridized carbons (Fsp3) is 0.0725. The molecule has 1 heteroatoms. The van der Waals surface area contributed by atoms with Crippen LogP contribution in [0.1, 0.15) is 58.4 Å². The van der Waals surface area contributed by atoms with Gasteiger partial charge in [0.15, 0.2) is 0 Å². The highest BCUT2D eigenvalue weighted by molar-refractivity contribution is 6.06. The van der Waals surface area contributed by atoms with Gasteiger partial charge >= 0.3 is 0 Å². The van der Waals surface area contributed by atoms with Gasteiger partial charge in [0.2, 0.25) is 0 Å². The molecule has 0 saturated carbocycles. The van der Waals surface area contributed by atoms with Crippen molar-refractivity contribution in [2.75, 3.05) is 4.90 Å². The number of hydrogen-bond acceptors (Lipinski definition) is 1. The van der Waals surface area contributed by atoms with Crippen molar-refractivity contribution in [2.45, 2.75) is 31.1 Å². The van der Waals surface area contributed by atoms with Crippen molar-refractivity contribution in [3.05, 3.63) is 293 Å². The summed E-state index contributed by atoms with van der Waals surface area (Å²) in [5.41, 5.74) is 26.1. The minimum absolute atomic E-state index is 0.130. The lowest BCUT2D eigenvalue weighted by molar-refractivity contribution is 0.660. The Bertz CT molecular complexity index is 3810. The summed E-state index contributed by atoms with van der Waals surface area (Å²) in [6.07, 6.45) is 0.860. The average Bonchev–Trinajstić information content (AvgIpc) is 3.64. The van der Waals surface area contributed by atoms with Crippen molar-refractivity contribution in [3.8, 4) is 55.6 Å². The van der Waals surface area contributed by atoms with E-state index in [9.17, 15) is 0 Å². The topological polar surface area (TPSA) is 3.24 Å². The molecular weight excluding hydrogens is 843 g/mol. The monoisotopic (exact) mass is 891 g/mol. The zero-order valence-corrected chi connectivity index (χ0v) is 39.3. The summed E-state index contributed by atoms with van der Waals surface area (Å²) in [5.74, 6) is 0. The fourth-order valence-electron chi connectivity index (χ4n) is 12.8. The van der Waals surface area contributed by atoms with Gasteiger partial charge in [0, 0.05) is 22.4 Å². The van der Waals surface area contributed by atoms with Gasteiger partial charge in [-0.05, 0) is 160 Å². The SMILES string of the molecule is CC1(C)c2ccccc2-c2ccc(N(c3ccccc3)c3ccc(-c4cc5c6c(cccc6c4)C54c5ccccc5-c5ccccc5Cc5ccccc5-c5ccccc54)cc3-c3ccccc3)cc21. The molecule has 70 heavy (non-hydrogen) atoms. The Morgan fingerprint density at radius 1 is 0.314 bits per heavy atom. The Balaban J connectivity index is 1.00. The van der Waals surface area contributed by atoms with Crippen molar-refractivity contribution in [1.29, 1.82) is 0 Å². The minimum Gasteiger partial charge on any atom is -0.310 e. The summed E-state index contributed by atoms with van der Waals surface area (Å²) in [7, 11) is 0. The highest BCUT2D eigenvalue weighted by Crippen LogP contribution is 2.62. The predicted molar refractivity (Wildman–Crippen MR) is 293 cm³/mol. The second-order valence-corrected chi connectivity index (χ2v) is 19.9. The highest BCUT2D eigenvalue weighted by atomic mass is 15.1. The van der Waals surface area contributed by atoms with Gasteiger partial charge in [-0.25, -0.2) is 0 Å². The van der Waals surface area contributed by atoms with Crippen LogP contribution in [0.5, 0.6) is 0 Å². The van der Waals surface area contributed by atoms with E-state index in [0.29, 0.717) is 0 Å². The zero-order valence-electron chi connectivity index (χ0n) is 39.3. The van der Waals surface area contributed by atoms with Crippen molar-refractivity contribution in [3.63, 3.8) is 0 Å². The maximum Gasteiger partial charge on any atom is 0.0725 e. The molecule has 0 saturated heterocycles. The van der Waals surface area contributed by atoms with Crippen molar-refractivity contribution >= 4 is 27.8 Å². The van der Waals surface area contributed by atoms with E-state index in [1.807, 2.05) is 0 Å². The quantitative estimate of drug-likeness (QED) is 0.166. The lowest BCUT2D eigenvalue weighted by Crippen LogP contribution is -2.39. The average molecular weight is 892 g/mol. The molecule has 3 aliphatic carbocycles. The standard InChI is InChI=1S/C69H49N/c1-68(2)60-32-16-13-31-57(60)58-38-37-52(44-64(58)68)70(51-25-7-4-8-26-51)66-39-36-46(42-59(66)45-20-5-3-6-21-45)50-41-49-24-19-35-63-67(49)65(43-50)69(63)61-33-17-14-29-55(61)53-27-11-9-22-47(53)40-48-23-10-12-28-54(48)56-30-15-18-34-62(56)69/h3-39,41-44H,40H2,1-2H3. The number of para-hydroxylation sites is 1. The largest absolute Gasteiger partial charge is 0.310 e. The lowest BCUT2D eigenvalue weighted by Gasteiger charge is -2.48. The van der Waals surface area contributed by atoms with Crippen LogP contribution in [0.2, 0.25) is 0 Å². The normalized spacial score (nSPS) is 14.0. The first-order chi connectivity index (χ1) is 34.5. The van der Waals surface area contributed by atoms with Gasteiger partial charge in [0.1, 0.15) is 0 Å². The van der Waals surface area contributed by atoms with Crippen molar-refractivity contribution < 1.29 is 0 Å². The van der Waals surface area contributed by atoms with Crippen molar-refractivity contribution in [2.24, 2.45) is 0 Å². The predicted octanol–water partition coefficient (Wildman–Crippen LogP) is 17.9. The Labute approximate surface area is 410 Å². The summed E-state index contributed by atoms with van der Waals surface area (Å²) in [5, 5.41) is 2.62. The van der Waals surface area contributed by atoms with E-state index in [1.54, 1.807) is 0 Å². The molecule has 0 radical (unpaired) electrons. The van der Waals surface area contributed by atoms with E-state index in [4.69, 9.17) is 0 Å². The maximum atomic E-state index is 2.53. The number of nitrogens with zero attached hydrogens (tertiary/aromatic N) is 1. The second-order valence-electron chi connectivity index (χ2n) is 19.9. The first-order valence-electron chi connectivity index (χ1n) is 24.7. The molecular formula is C69H49N. The molecule has 11 aromatic rings. The molecule has 3 aliphatic rings. The molecule has 0 aromatic heterocycles. The van der Waals surface area contributed by atoms with E-state index in [2.05, 4.69) is 267 Å². The van der Waals surface area contributed by atoms with Crippen LogP contribution >= 0.6 is 0 Å². The third-order valence-electron chi connectivity index (χ3n) is 15.9. The van der Waals surface area contributed by atoms with Crippen LogP contribution in [0.15, 0.2) is 249 Å². The summed E-state index contributed by atoms with van der Waals surface area (Å²) < 4.78 is 0. The van der Waals surface area contributed by atoms with E-state index in [0.717, 1.165) is 23.5 Å². The Hall–Kier alpha value is -8.52. The molecule has 0 bridgehead atoms. The molecule has 1 nitrogen and oxygen atoms in total. The Kier molecular flexibility index (Phi) is 8.98. The van der Waals surface area contributed by atoms with E-state index in [1.165, 1.54) is 111 Å². The van der Waals surface area contributed by atoms with Gasteiger partial charge in [-0.3, -0.25) is 0 Å². The van der Waals surface area contributed by atoms with Gasteiger partial charge in [-0.2, -0.15) is 0 Å². The summed E-state index contributed by atoms with van der Waals surface area (Å²) >= 11 is 0. The molecule has 0 N–H and O–H groups in total. The van der Waals surface area contributed by atoms with Gasteiger partial charge in [-0.1, -0.05) is 214 Å². The number of anilines is 3. The number of fused-ring (bicyclic) bond motifs is 13. The maximum absolute atomic E-state index is 2.53. The van der Waals surface area contributed by atoms with E-state index in [-0.39, 0.29) is 5.41 Å². The van der Waals surface area contributed by atoms with Crippen LogP contribution < -0.4 is 4.90 Å². The Morgan fingerprint density at radius 3 is 1.53 bits per heavy atom. The third-order valence-corrected chi connectivity index (χ3v) is 15.9. The van der Waals surface area contributed by atoms with Crippen LogP contribution in [0, 0.1) is 0 Å². The number of hydrogen-bond donors (Lipinski definition) is 0. The zero-order chi connectivity index (χ0) is 46.6. The van der Waals surface area contributed by atoms with Gasteiger partial charge in [0.05, 0.1) is 11.1 Å². The summed E-state index contributed by atoms with van der Waals surface area (Å²) in [4.78, 5) is 2.46. The van der Waals surface area contributed by atoms with Gasteiger partial charge in [0.25, 0.3) is 0 Å². The summed E-state index contributed by atoms with van der Waals surface area (Å²) in [6.45, 7) is 4.74. The van der Waals surface area contributed by atoms with Gasteiger partial charge < -0.3 is 4.90 Å². The third kappa shape index (κ3) is 5.85. The van der Waals surface area contributed by atoms with E-state index >= 15 is 0 Å². The van der Waals surface area contributed by atoms with Crippen LogP contribution in [-0.4, -0.2) is 0 Å². The minimum atomic E-state index is -0.539. The van der Waals surface area contributed by atoms with Crippen LogP contribution in [0.4, 0.5) is 17.1 Å². The smallest absolute Gasteiger partial charge is 0.0725 e. The Morgan fingerprint density at radius 2 is 0.857 bits per heavy atom. The molecule has 0 unspecified atom stereocenters. The molecule has 0 heterocycles. The molecule has 0 fully saturated rings. The number of rotatable bonds is 5. The molecule has 1 spiro atoms. The van der Waals surface area contributed by atoms with Gasteiger partial charge in [-0.15, -0.1) is 0 Å². The second kappa shape index (κ2) is 15.5.